The number of rotatable bonds is 11. The Bertz CT molecular complexity index is 1390. The van der Waals surface area contributed by atoms with Gasteiger partial charge < -0.3 is 10.6 Å². The van der Waals surface area contributed by atoms with E-state index in [9.17, 15) is 30.0 Å². The first-order valence-electron chi connectivity index (χ1n) is 9.12. The standard InChI is InChI=1S/C17H20N4O10S3/c1-12(22)19-17-10-14(18-11-33(25,26)27)4-7-16(17)21-20-13-2-5-15(6-3-13)32(23,24)9-8-31-34(28,29)30/h2-7,10,18H,8-9,11H2,1H3,(H,19,22)(H,25,26,27)(H,28,29,30). The van der Waals surface area contributed by atoms with Crippen LogP contribution in [0.25, 0.3) is 0 Å². The molecule has 186 valence electrons. The molecular weight excluding hydrogens is 516 g/mol. The molecule has 0 radical (unpaired) electrons. The maximum Gasteiger partial charge on any atom is 0.397 e. The molecule has 0 aliphatic heterocycles. The molecule has 2 rings (SSSR count). The number of amides is 1. The second-order valence-electron chi connectivity index (χ2n) is 6.58. The molecular formula is C17H20N4O10S3. The van der Waals surface area contributed by atoms with Crippen LogP contribution in [-0.2, 0) is 39.3 Å². The van der Waals surface area contributed by atoms with Crippen LogP contribution in [0.3, 0.4) is 0 Å². The van der Waals surface area contributed by atoms with Crippen molar-refractivity contribution in [2.24, 2.45) is 10.2 Å². The van der Waals surface area contributed by atoms with E-state index in [4.69, 9.17) is 9.11 Å². The largest absolute Gasteiger partial charge is 0.397 e. The molecule has 0 aliphatic rings. The fraction of sp³-hybridized carbons (Fsp3) is 0.235. The Kier molecular flexibility index (Phi) is 8.81. The van der Waals surface area contributed by atoms with E-state index in [1.165, 1.54) is 49.4 Å². The number of nitrogens with zero attached hydrogens (tertiary/aromatic N) is 2. The average molecular weight is 537 g/mol. The van der Waals surface area contributed by atoms with Gasteiger partial charge in [0.15, 0.2) is 9.84 Å². The molecule has 0 spiro atoms. The van der Waals surface area contributed by atoms with Crippen LogP contribution in [0.15, 0.2) is 57.6 Å². The van der Waals surface area contributed by atoms with Gasteiger partial charge in [-0.3, -0.25) is 13.9 Å². The maximum absolute atomic E-state index is 12.2. The molecule has 0 aliphatic carbocycles. The van der Waals surface area contributed by atoms with Crippen LogP contribution < -0.4 is 10.6 Å². The van der Waals surface area contributed by atoms with E-state index in [1.54, 1.807) is 0 Å². The second-order valence-corrected chi connectivity index (χ2v) is 11.2. The number of sulfone groups is 1. The Balaban J connectivity index is 2.18. The lowest BCUT2D eigenvalue weighted by atomic mass is 10.2. The molecule has 0 fully saturated rings. The monoisotopic (exact) mass is 536 g/mol. The first kappa shape index (κ1) is 27.3. The van der Waals surface area contributed by atoms with E-state index in [0.29, 0.717) is 0 Å². The Labute approximate surface area is 195 Å². The molecule has 0 unspecified atom stereocenters. The lowest BCUT2D eigenvalue weighted by Gasteiger charge is -2.10. The van der Waals surface area contributed by atoms with Crippen molar-refractivity contribution < 1.29 is 43.3 Å². The van der Waals surface area contributed by atoms with Crippen molar-refractivity contribution in [3.8, 4) is 0 Å². The number of carbonyl (C=O) groups is 1. The maximum atomic E-state index is 12.2. The van der Waals surface area contributed by atoms with Crippen LogP contribution in [0.1, 0.15) is 6.92 Å². The smallest absolute Gasteiger partial charge is 0.370 e. The summed E-state index contributed by atoms with van der Waals surface area (Å²) in [5, 5.41) is 12.9. The predicted octanol–water partition coefficient (Wildman–Crippen LogP) is 1.91. The lowest BCUT2D eigenvalue weighted by molar-refractivity contribution is -0.114. The van der Waals surface area contributed by atoms with Gasteiger partial charge in [-0.05, 0) is 42.5 Å². The van der Waals surface area contributed by atoms with Crippen LogP contribution >= 0.6 is 0 Å². The third kappa shape index (κ3) is 9.49. The highest BCUT2D eigenvalue weighted by molar-refractivity contribution is 7.91. The highest BCUT2D eigenvalue weighted by Gasteiger charge is 2.16. The van der Waals surface area contributed by atoms with Crippen LogP contribution in [0.2, 0.25) is 0 Å². The van der Waals surface area contributed by atoms with Crippen LogP contribution in [0, 0.1) is 0 Å². The van der Waals surface area contributed by atoms with Crippen molar-refractivity contribution in [3.05, 3.63) is 42.5 Å². The van der Waals surface area contributed by atoms with Gasteiger partial charge in [0.1, 0.15) is 11.6 Å². The minimum atomic E-state index is -4.75. The van der Waals surface area contributed by atoms with Gasteiger partial charge in [0.25, 0.3) is 10.1 Å². The first-order chi connectivity index (χ1) is 15.6. The Morgan fingerprint density at radius 3 is 2.18 bits per heavy atom. The summed E-state index contributed by atoms with van der Waals surface area (Å²) >= 11 is 0. The Morgan fingerprint density at radius 2 is 1.62 bits per heavy atom. The minimum absolute atomic E-state index is 0.140. The molecule has 0 heterocycles. The van der Waals surface area contributed by atoms with Crippen molar-refractivity contribution in [2.45, 2.75) is 11.8 Å². The Hall–Kier alpha value is -2.96. The molecule has 0 atom stereocenters. The molecule has 2 aromatic rings. The fourth-order valence-electron chi connectivity index (χ4n) is 2.40. The summed E-state index contributed by atoms with van der Waals surface area (Å²) in [4.78, 5) is 11.3. The highest BCUT2D eigenvalue weighted by atomic mass is 32.3. The molecule has 4 N–H and O–H groups in total. The SMILES string of the molecule is CC(=O)Nc1cc(NCS(=O)(=O)O)ccc1N=Nc1ccc(S(=O)(=O)CCOS(=O)(=O)O)cc1. The van der Waals surface area contributed by atoms with E-state index in [0.717, 1.165) is 0 Å². The topological polar surface area (TPSA) is 218 Å². The summed E-state index contributed by atoms with van der Waals surface area (Å²) in [5.41, 5.74) is 0.907. The van der Waals surface area contributed by atoms with Gasteiger partial charge in [-0.25, -0.2) is 12.6 Å². The van der Waals surface area contributed by atoms with E-state index < -0.39 is 54.5 Å². The molecule has 14 nitrogen and oxygen atoms in total. The number of benzene rings is 2. The van der Waals surface area contributed by atoms with Gasteiger partial charge in [0.05, 0.1) is 28.6 Å². The molecule has 0 aromatic heterocycles. The van der Waals surface area contributed by atoms with Crippen molar-refractivity contribution in [1.82, 2.24) is 0 Å². The van der Waals surface area contributed by atoms with E-state index in [2.05, 4.69) is 25.0 Å². The van der Waals surface area contributed by atoms with Gasteiger partial charge in [0.2, 0.25) is 5.91 Å². The van der Waals surface area contributed by atoms with E-state index >= 15 is 0 Å². The third-order valence-corrected chi connectivity index (χ3v) is 6.49. The number of azo groups is 1. The van der Waals surface area contributed by atoms with Crippen LogP contribution in [-0.4, -0.2) is 58.5 Å². The average Bonchev–Trinajstić information content (AvgIpc) is 2.70. The van der Waals surface area contributed by atoms with Crippen molar-refractivity contribution in [3.63, 3.8) is 0 Å². The van der Waals surface area contributed by atoms with Crippen LogP contribution in [0.4, 0.5) is 22.7 Å². The summed E-state index contributed by atoms with van der Waals surface area (Å²) in [6.45, 7) is 0.489. The first-order valence-corrected chi connectivity index (χ1v) is 13.7. The number of anilines is 2. The van der Waals surface area contributed by atoms with E-state index in [-0.39, 0.29) is 27.6 Å². The van der Waals surface area contributed by atoms with Gasteiger partial charge in [-0.1, -0.05) is 0 Å². The number of hydrogen-bond donors (Lipinski definition) is 4. The zero-order chi connectivity index (χ0) is 25.6. The number of carbonyl (C=O) groups excluding carboxylic acids is 1. The molecule has 17 heteroatoms. The van der Waals surface area contributed by atoms with Gasteiger partial charge in [0, 0.05) is 12.6 Å². The molecule has 0 saturated heterocycles. The summed E-state index contributed by atoms with van der Waals surface area (Å²) in [5.74, 6) is -1.87. The highest BCUT2D eigenvalue weighted by Crippen LogP contribution is 2.30. The fourth-order valence-corrected chi connectivity index (χ4v) is 4.23. The molecule has 1 amide bonds. The Morgan fingerprint density at radius 1 is 0.971 bits per heavy atom. The quantitative estimate of drug-likeness (QED) is 0.240. The van der Waals surface area contributed by atoms with Gasteiger partial charge >= 0.3 is 10.4 Å². The van der Waals surface area contributed by atoms with Crippen LogP contribution in [0.5, 0.6) is 0 Å². The molecule has 34 heavy (non-hydrogen) atoms. The number of nitrogens with one attached hydrogen (secondary N) is 2. The summed E-state index contributed by atoms with van der Waals surface area (Å²) < 4.78 is 88.5. The summed E-state index contributed by atoms with van der Waals surface area (Å²) in [6.07, 6.45) is 0. The van der Waals surface area contributed by atoms with E-state index in [1.807, 2.05) is 0 Å². The van der Waals surface area contributed by atoms with Gasteiger partial charge in [-0.15, -0.1) is 5.11 Å². The van der Waals surface area contributed by atoms with Crippen molar-refractivity contribution in [2.75, 3.05) is 28.9 Å². The lowest BCUT2D eigenvalue weighted by Crippen LogP contribution is -2.15. The predicted molar refractivity (Wildman–Crippen MR) is 121 cm³/mol. The third-order valence-electron chi connectivity index (χ3n) is 3.82. The zero-order valence-corrected chi connectivity index (χ0v) is 19.9. The van der Waals surface area contributed by atoms with Crippen molar-refractivity contribution in [1.29, 1.82) is 0 Å². The normalized spacial score (nSPS) is 12.6. The zero-order valence-electron chi connectivity index (χ0n) is 17.4. The summed E-state index contributed by atoms with van der Waals surface area (Å²) in [7, 11) is -12.9. The van der Waals surface area contributed by atoms with Crippen molar-refractivity contribution >= 4 is 59.0 Å². The summed E-state index contributed by atoms with van der Waals surface area (Å²) in [6, 6.07) is 9.35. The second kappa shape index (κ2) is 11.0. The molecule has 2 aromatic carbocycles. The minimum Gasteiger partial charge on any atom is -0.370 e. The van der Waals surface area contributed by atoms with Gasteiger partial charge in [-0.2, -0.15) is 21.9 Å². The molecule has 0 saturated carbocycles. The number of hydrogen-bond acceptors (Lipinski definition) is 11. The molecule has 0 bridgehead atoms.